The van der Waals surface area contributed by atoms with E-state index >= 15 is 0 Å². The van der Waals surface area contributed by atoms with Crippen molar-refractivity contribution in [1.82, 2.24) is 19.4 Å². The average Bonchev–Trinajstić information content (AvgIpc) is 2.97. The summed E-state index contributed by atoms with van der Waals surface area (Å²) in [4.78, 5) is 36.1. The molecule has 2 aromatic carbocycles. The Labute approximate surface area is 188 Å². The predicted molar refractivity (Wildman–Crippen MR) is 125 cm³/mol. The number of nitrogens with zero attached hydrogens (tertiary/aromatic N) is 3. The van der Waals surface area contributed by atoms with E-state index in [4.69, 9.17) is 4.98 Å². The first kappa shape index (κ1) is 20.8. The first-order valence-corrected chi connectivity index (χ1v) is 11.8. The largest absolute Gasteiger partial charge is 0.349 e. The van der Waals surface area contributed by atoms with Gasteiger partial charge in [0.1, 0.15) is 16.9 Å². The number of carbonyl (C=O) groups excluding carboxylic acids is 1. The predicted octanol–water partition coefficient (Wildman–Crippen LogP) is 4.50. The molecule has 5 rings (SSSR count). The van der Waals surface area contributed by atoms with Gasteiger partial charge in [-0.05, 0) is 31.0 Å². The van der Waals surface area contributed by atoms with Crippen molar-refractivity contribution in [2.45, 2.75) is 30.8 Å². The molecule has 4 aromatic rings. The van der Waals surface area contributed by atoms with Crippen LogP contribution in [-0.4, -0.2) is 44.2 Å². The molecule has 0 aliphatic carbocycles. The second kappa shape index (κ2) is 8.78. The Bertz CT molecular complexity index is 1360. The van der Waals surface area contributed by atoms with Crippen LogP contribution >= 0.6 is 11.8 Å². The van der Waals surface area contributed by atoms with Gasteiger partial charge in [0, 0.05) is 24.0 Å². The van der Waals surface area contributed by atoms with Gasteiger partial charge in [0.25, 0.3) is 5.56 Å². The number of aromatic nitrogens is 3. The van der Waals surface area contributed by atoms with Crippen molar-refractivity contribution in [2.24, 2.45) is 0 Å². The molecule has 2 aromatic heterocycles. The summed E-state index contributed by atoms with van der Waals surface area (Å²) in [6.07, 6.45) is 4.30. The van der Waals surface area contributed by atoms with Gasteiger partial charge in [-0.15, -0.1) is 0 Å². The summed E-state index contributed by atoms with van der Waals surface area (Å²) in [5, 5.41) is 1.13. The Balaban J connectivity index is 1.60. The van der Waals surface area contributed by atoms with Crippen molar-refractivity contribution >= 4 is 39.6 Å². The molecule has 0 bridgehead atoms. The summed E-state index contributed by atoms with van der Waals surface area (Å²) in [6.45, 7) is 1.52. The highest BCUT2D eigenvalue weighted by Gasteiger charge is 2.21. The number of benzene rings is 2. The molecule has 1 aliphatic heterocycles. The number of halogens is 1. The highest BCUT2D eigenvalue weighted by Crippen LogP contribution is 2.27. The first-order valence-electron chi connectivity index (χ1n) is 10.8. The first-order chi connectivity index (χ1) is 15.6. The van der Waals surface area contributed by atoms with Crippen LogP contribution in [0, 0.1) is 5.82 Å². The number of hydrogen-bond donors (Lipinski definition) is 1. The maximum atomic E-state index is 14.7. The molecule has 0 saturated carbocycles. The second-order valence-electron chi connectivity index (χ2n) is 7.96. The fraction of sp³-hybridized carbons (Fsp3) is 0.292. The van der Waals surface area contributed by atoms with Gasteiger partial charge < -0.3 is 9.88 Å². The molecule has 6 nitrogen and oxygen atoms in total. The Morgan fingerprint density at radius 3 is 2.53 bits per heavy atom. The third-order valence-corrected chi connectivity index (χ3v) is 6.79. The van der Waals surface area contributed by atoms with Gasteiger partial charge >= 0.3 is 0 Å². The minimum Gasteiger partial charge on any atom is -0.349 e. The summed E-state index contributed by atoms with van der Waals surface area (Å²) < 4.78 is 16.0. The Kier molecular flexibility index (Phi) is 5.70. The number of amides is 1. The Morgan fingerprint density at radius 1 is 1.03 bits per heavy atom. The number of H-pyrrole nitrogens is 1. The van der Waals surface area contributed by atoms with Crippen LogP contribution in [0.25, 0.3) is 27.6 Å². The van der Waals surface area contributed by atoms with E-state index in [9.17, 15) is 14.0 Å². The number of hydrogen-bond acceptors (Lipinski definition) is 4. The Hall–Kier alpha value is -3.13. The molecule has 1 saturated heterocycles. The molecule has 164 valence electrons. The van der Waals surface area contributed by atoms with Crippen LogP contribution < -0.4 is 5.56 Å². The molecule has 0 atom stereocenters. The van der Waals surface area contributed by atoms with Gasteiger partial charge in [0.2, 0.25) is 5.91 Å². The summed E-state index contributed by atoms with van der Waals surface area (Å²) in [7, 11) is 0. The van der Waals surface area contributed by atoms with Crippen molar-refractivity contribution in [3.8, 4) is 5.69 Å². The number of para-hydroxylation sites is 2. The molecule has 0 spiro atoms. The number of fused-ring (bicyclic) bond motifs is 3. The van der Waals surface area contributed by atoms with Crippen LogP contribution in [0.1, 0.15) is 25.7 Å². The standard InChI is InChI=1S/C24H23FN4O2S/c25-17-10-4-6-12-19(17)29-23(31)22-21(16-9-3-5-11-18(16)26-22)27-24(29)32-15-20(30)28-13-7-1-2-8-14-28/h3-6,9-12,26H,1-2,7-8,13-15H2. The zero-order chi connectivity index (χ0) is 22.1. The molecular formula is C24H23FN4O2S. The van der Waals surface area contributed by atoms with Gasteiger partial charge in [-0.3, -0.25) is 14.2 Å². The smallest absolute Gasteiger partial charge is 0.283 e. The van der Waals surface area contributed by atoms with Crippen LogP contribution in [0.5, 0.6) is 0 Å². The van der Waals surface area contributed by atoms with Gasteiger partial charge in [0.15, 0.2) is 5.16 Å². The maximum Gasteiger partial charge on any atom is 0.283 e. The maximum absolute atomic E-state index is 14.7. The monoisotopic (exact) mass is 450 g/mol. The van der Waals surface area contributed by atoms with E-state index < -0.39 is 5.82 Å². The van der Waals surface area contributed by atoms with Gasteiger partial charge in [-0.2, -0.15) is 0 Å². The number of nitrogens with one attached hydrogen (secondary N) is 1. The van der Waals surface area contributed by atoms with E-state index in [2.05, 4.69) is 4.98 Å². The average molecular weight is 451 g/mol. The molecule has 1 N–H and O–H groups in total. The summed E-state index contributed by atoms with van der Waals surface area (Å²) in [5.41, 5.74) is 1.37. The highest BCUT2D eigenvalue weighted by molar-refractivity contribution is 7.99. The summed E-state index contributed by atoms with van der Waals surface area (Å²) in [5.74, 6) is -0.354. The number of aromatic amines is 1. The molecule has 0 unspecified atom stereocenters. The van der Waals surface area contributed by atoms with Crippen molar-refractivity contribution in [3.63, 3.8) is 0 Å². The van der Waals surface area contributed by atoms with Crippen LogP contribution in [-0.2, 0) is 4.79 Å². The van der Waals surface area contributed by atoms with Gasteiger partial charge in [-0.1, -0.05) is 54.9 Å². The SMILES string of the molecule is O=C(CSc1nc2c([nH]c3ccccc32)c(=O)n1-c1ccccc1F)N1CCCCCC1. The fourth-order valence-electron chi connectivity index (χ4n) is 4.22. The second-order valence-corrected chi connectivity index (χ2v) is 8.91. The Morgan fingerprint density at radius 2 is 1.75 bits per heavy atom. The van der Waals surface area contributed by atoms with Crippen LogP contribution in [0.4, 0.5) is 4.39 Å². The van der Waals surface area contributed by atoms with E-state index in [1.807, 2.05) is 29.2 Å². The van der Waals surface area contributed by atoms with Crippen molar-refractivity contribution < 1.29 is 9.18 Å². The minimum atomic E-state index is -0.521. The molecule has 3 heterocycles. The quantitative estimate of drug-likeness (QED) is 0.367. The molecular weight excluding hydrogens is 427 g/mol. The summed E-state index contributed by atoms with van der Waals surface area (Å²) in [6, 6.07) is 13.6. The van der Waals surface area contributed by atoms with E-state index in [-0.39, 0.29) is 22.9 Å². The normalized spacial score (nSPS) is 14.7. The molecule has 1 aliphatic rings. The fourth-order valence-corrected chi connectivity index (χ4v) is 5.12. The number of likely N-dealkylation sites (tertiary alicyclic amines) is 1. The van der Waals surface area contributed by atoms with Crippen molar-refractivity contribution in [2.75, 3.05) is 18.8 Å². The number of thioether (sulfide) groups is 1. The third-order valence-electron chi connectivity index (χ3n) is 5.87. The molecule has 8 heteroatoms. The van der Waals surface area contributed by atoms with Crippen LogP contribution in [0.3, 0.4) is 0 Å². The lowest BCUT2D eigenvalue weighted by Gasteiger charge is -2.20. The van der Waals surface area contributed by atoms with E-state index in [0.29, 0.717) is 16.2 Å². The van der Waals surface area contributed by atoms with Gasteiger partial charge in [-0.25, -0.2) is 9.37 Å². The highest BCUT2D eigenvalue weighted by atomic mass is 32.2. The lowest BCUT2D eigenvalue weighted by molar-refractivity contribution is -0.128. The number of rotatable bonds is 4. The van der Waals surface area contributed by atoms with E-state index in [1.165, 1.54) is 22.4 Å². The topological polar surface area (TPSA) is 71.0 Å². The van der Waals surface area contributed by atoms with Crippen molar-refractivity contribution in [1.29, 1.82) is 0 Å². The molecule has 0 radical (unpaired) electrons. The lowest BCUT2D eigenvalue weighted by atomic mass is 10.2. The van der Waals surface area contributed by atoms with Crippen molar-refractivity contribution in [3.05, 3.63) is 64.7 Å². The minimum absolute atomic E-state index is 0.0188. The zero-order valence-corrected chi connectivity index (χ0v) is 18.3. The number of carbonyl (C=O) groups is 1. The van der Waals surface area contributed by atoms with Crippen LogP contribution in [0.2, 0.25) is 0 Å². The summed E-state index contributed by atoms with van der Waals surface area (Å²) >= 11 is 1.18. The van der Waals surface area contributed by atoms with E-state index in [1.54, 1.807) is 18.2 Å². The van der Waals surface area contributed by atoms with Crippen LogP contribution in [0.15, 0.2) is 58.5 Å². The molecule has 32 heavy (non-hydrogen) atoms. The lowest BCUT2D eigenvalue weighted by Crippen LogP contribution is -2.33. The van der Waals surface area contributed by atoms with Gasteiger partial charge in [0.05, 0.1) is 11.4 Å². The molecule has 1 fully saturated rings. The third kappa shape index (κ3) is 3.79. The zero-order valence-electron chi connectivity index (χ0n) is 17.5. The molecule has 1 amide bonds. The van der Waals surface area contributed by atoms with E-state index in [0.717, 1.165) is 49.7 Å².